The summed E-state index contributed by atoms with van der Waals surface area (Å²) >= 11 is 12.2. The molecule has 1 amide bonds. The van der Waals surface area contributed by atoms with Gasteiger partial charge in [-0.1, -0.05) is 47.5 Å². The summed E-state index contributed by atoms with van der Waals surface area (Å²) in [7, 11) is 3.67. The SMILES string of the molecule is CC(=N)c1ccc(C(=O)Cc2c(C(=O)Nc3ccc(Cl)cc3)cc(Cl)cc2N(C)C)cc1. The van der Waals surface area contributed by atoms with Crippen LogP contribution in [-0.2, 0) is 6.42 Å². The highest BCUT2D eigenvalue weighted by Crippen LogP contribution is 2.30. The van der Waals surface area contributed by atoms with Crippen LogP contribution in [0.1, 0.15) is 38.8 Å². The summed E-state index contributed by atoms with van der Waals surface area (Å²) in [5, 5.41) is 11.5. The molecule has 3 rings (SSSR count). The molecule has 0 aliphatic rings. The van der Waals surface area contributed by atoms with Gasteiger partial charge in [-0.15, -0.1) is 0 Å². The topological polar surface area (TPSA) is 73.3 Å². The molecule has 0 unspecified atom stereocenters. The van der Waals surface area contributed by atoms with Crippen LogP contribution >= 0.6 is 23.2 Å². The van der Waals surface area contributed by atoms with Crippen LogP contribution in [0.2, 0.25) is 10.0 Å². The van der Waals surface area contributed by atoms with Crippen LogP contribution in [0.5, 0.6) is 0 Å². The molecular weight excluding hydrogens is 445 g/mol. The molecule has 2 N–H and O–H groups in total. The van der Waals surface area contributed by atoms with Gasteiger partial charge in [0.05, 0.1) is 0 Å². The molecule has 164 valence electrons. The molecule has 0 spiro atoms. The van der Waals surface area contributed by atoms with Crippen molar-refractivity contribution in [3.63, 3.8) is 0 Å². The molecule has 0 atom stereocenters. The van der Waals surface area contributed by atoms with Gasteiger partial charge in [0.25, 0.3) is 5.91 Å². The monoisotopic (exact) mass is 467 g/mol. The lowest BCUT2D eigenvalue weighted by Crippen LogP contribution is -2.20. The van der Waals surface area contributed by atoms with E-state index in [2.05, 4.69) is 5.32 Å². The maximum atomic E-state index is 13.1. The van der Waals surface area contributed by atoms with Crippen LogP contribution in [0, 0.1) is 5.41 Å². The van der Waals surface area contributed by atoms with E-state index < -0.39 is 0 Å². The molecule has 3 aromatic rings. The first-order valence-corrected chi connectivity index (χ1v) is 10.7. The molecule has 0 bridgehead atoms. The van der Waals surface area contributed by atoms with Crippen molar-refractivity contribution in [2.45, 2.75) is 13.3 Å². The predicted molar refractivity (Wildman–Crippen MR) is 132 cm³/mol. The van der Waals surface area contributed by atoms with Crippen molar-refractivity contribution in [2.75, 3.05) is 24.3 Å². The summed E-state index contributed by atoms with van der Waals surface area (Å²) in [5.74, 6) is -0.499. The molecule has 0 saturated carbocycles. The van der Waals surface area contributed by atoms with Gasteiger partial charge in [0.1, 0.15) is 0 Å². The van der Waals surface area contributed by atoms with Crippen molar-refractivity contribution in [3.8, 4) is 0 Å². The van der Waals surface area contributed by atoms with Crippen molar-refractivity contribution in [2.24, 2.45) is 0 Å². The Balaban J connectivity index is 1.97. The van der Waals surface area contributed by atoms with E-state index in [0.717, 1.165) is 5.56 Å². The summed E-state index contributed by atoms with van der Waals surface area (Å²) in [6.45, 7) is 1.69. The van der Waals surface area contributed by atoms with Gasteiger partial charge in [0, 0.05) is 58.8 Å². The number of halogens is 2. The fraction of sp³-hybridized carbons (Fsp3) is 0.160. The normalized spacial score (nSPS) is 10.5. The molecule has 0 fully saturated rings. The van der Waals surface area contributed by atoms with E-state index in [0.29, 0.717) is 43.8 Å². The molecule has 7 heteroatoms. The molecule has 0 saturated heterocycles. The van der Waals surface area contributed by atoms with Crippen LogP contribution in [0.25, 0.3) is 0 Å². The summed E-state index contributed by atoms with van der Waals surface area (Å²) in [6, 6.07) is 17.0. The second-order valence-corrected chi connectivity index (χ2v) is 8.48. The Hall–Kier alpha value is -3.15. The summed E-state index contributed by atoms with van der Waals surface area (Å²) in [6.07, 6.45) is 0.0248. The Bertz CT molecular complexity index is 1170. The van der Waals surface area contributed by atoms with Gasteiger partial charge < -0.3 is 15.6 Å². The second kappa shape index (κ2) is 9.98. The number of Topliss-reactive ketones (excluding diaryl/α,β-unsaturated/α-hetero) is 1. The molecule has 0 radical (unpaired) electrons. The number of anilines is 2. The largest absolute Gasteiger partial charge is 0.377 e. The minimum atomic E-state index is -0.365. The lowest BCUT2D eigenvalue weighted by atomic mass is 9.95. The average molecular weight is 468 g/mol. The van der Waals surface area contributed by atoms with Crippen LogP contribution in [0.3, 0.4) is 0 Å². The lowest BCUT2D eigenvalue weighted by Gasteiger charge is -2.21. The quantitative estimate of drug-likeness (QED) is 0.324. The smallest absolute Gasteiger partial charge is 0.256 e. The zero-order valence-electron chi connectivity index (χ0n) is 18.0. The molecule has 0 aromatic heterocycles. The minimum Gasteiger partial charge on any atom is -0.377 e. The van der Waals surface area contributed by atoms with Crippen LogP contribution in [-0.4, -0.2) is 31.5 Å². The lowest BCUT2D eigenvalue weighted by molar-refractivity contribution is 0.0992. The van der Waals surface area contributed by atoms with Crippen molar-refractivity contribution >= 4 is 52.0 Å². The van der Waals surface area contributed by atoms with Crippen LogP contribution in [0.15, 0.2) is 60.7 Å². The summed E-state index contributed by atoms with van der Waals surface area (Å²) < 4.78 is 0. The average Bonchev–Trinajstić information content (AvgIpc) is 2.76. The van der Waals surface area contributed by atoms with Crippen molar-refractivity contribution < 1.29 is 9.59 Å². The van der Waals surface area contributed by atoms with Gasteiger partial charge in [0.2, 0.25) is 0 Å². The fourth-order valence-electron chi connectivity index (χ4n) is 3.31. The Morgan fingerprint density at radius 2 is 1.50 bits per heavy atom. The first kappa shape index (κ1) is 23.5. The summed E-state index contributed by atoms with van der Waals surface area (Å²) in [4.78, 5) is 28.0. The Morgan fingerprint density at radius 3 is 2.06 bits per heavy atom. The highest BCUT2D eigenvalue weighted by molar-refractivity contribution is 6.31. The second-order valence-electron chi connectivity index (χ2n) is 7.61. The van der Waals surface area contributed by atoms with Gasteiger partial charge >= 0.3 is 0 Å². The third-order valence-corrected chi connectivity index (χ3v) is 5.47. The first-order chi connectivity index (χ1) is 15.2. The highest BCUT2D eigenvalue weighted by Gasteiger charge is 2.21. The zero-order valence-corrected chi connectivity index (χ0v) is 19.5. The van der Waals surface area contributed by atoms with E-state index in [4.69, 9.17) is 28.6 Å². The van der Waals surface area contributed by atoms with Gasteiger partial charge in [-0.05, 0) is 54.4 Å². The van der Waals surface area contributed by atoms with Crippen molar-refractivity contribution in [1.29, 1.82) is 5.41 Å². The zero-order chi connectivity index (χ0) is 23.4. The van der Waals surface area contributed by atoms with E-state index in [1.807, 2.05) is 19.0 Å². The maximum Gasteiger partial charge on any atom is 0.256 e. The number of hydrogen-bond donors (Lipinski definition) is 2. The van der Waals surface area contributed by atoms with Crippen molar-refractivity contribution in [3.05, 3.63) is 93.0 Å². The predicted octanol–water partition coefficient (Wildman–Crippen LogP) is 6.12. The first-order valence-electron chi connectivity index (χ1n) is 9.91. The number of rotatable bonds is 7. The fourth-order valence-corrected chi connectivity index (χ4v) is 3.65. The molecule has 32 heavy (non-hydrogen) atoms. The number of ketones is 1. The molecular formula is C25H23Cl2N3O2. The molecule has 3 aromatic carbocycles. The summed E-state index contributed by atoms with van der Waals surface area (Å²) in [5.41, 5.74) is 3.89. The van der Waals surface area contributed by atoms with Gasteiger partial charge in [-0.2, -0.15) is 0 Å². The van der Waals surface area contributed by atoms with E-state index >= 15 is 0 Å². The number of nitrogens with one attached hydrogen (secondary N) is 2. The molecule has 0 aliphatic heterocycles. The number of nitrogens with zero attached hydrogens (tertiary/aromatic N) is 1. The number of hydrogen-bond acceptors (Lipinski definition) is 4. The van der Waals surface area contributed by atoms with Crippen molar-refractivity contribution in [1.82, 2.24) is 0 Å². The Labute approximate surface area is 197 Å². The molecule has 0 aliphatic carbocycles. The molecule has 5 nitrogen and oxygen atoms in total. The third kappa shape index (κ3) is 5.55. The number of benzene rings is 3. The third-order valence-electron chi connectivity index (χ3n) is 5.00. The van der Waals surface area contributed by atoms with Crippen LogP contribution < -0.4 is 10.2 Å². The van der Waals surface area contributed by atoms with Gasteiger partial charge in [0.15, 0.2) is 5.78 Å². The standard InChI is InChI=1S/C25H23Cl2N3O2/c1-15(28)16-4-6-17(7-5-16)24(31)14-21-22(12-19(27)13-23(21)30(2)3)25(32)29-20-10-8-18(26)9-11-20/h4-13,28H,14H2,1-3H3,(H,29,32). The van der Waals surface area contributed by atoms with Gasteiger partial charge in [-0.3, -0.25) is 9.59 Å². The van der Waals surface area contributed by atoms with E-state index in [-0.39, 0.29) is 18.1 Å². The number of carbonyl (C=O) groups excluding carboxylic acids is 2. The van der Waals surface area contributed by atoms with Crippen LogP contribution in [0.4, 0.5) is 11.4 Å². The Kier molecular flexibility index (Phi) is 7.33. The van der Waals surface area contributed by atoms with E-state index in [1.165, 1.54) is 0 Å². The van der Waals surface area contributed by atoms with E-state index in [1.54, 1.807) is 67.6 Å². The highest BCUT2D eigenvalue weighted by atomic mass is 35.5. The van der Waals surface area contributed by atoms with E-state index in [9.17, 15) is 9.59 Å². The maximum absolute atomic E-state index is 13.1. The molecule has 0 heterocycles. The minimum absolute atomic E-state index is 0.0248. The number of carbonyl (C=O) groups is 2. The number of amides is 1. The van der Waals surface area contributed by atoms with Gasteiger partial charge in [-0.25, -0.2) is 0 Å². The Morgan fingerprint density at radius 1 is 0.906 bits per heavy atom.